The fourth-order valence-corrected chi connectivity index (χ4v) is 3.28. The highest BCUT2D eigenvalue weighted by atomic mass is 32.1. The molecular weight excluding hydrogens is 330 g/mol. The normalized spacial score (nSPS) is 11.2. The minimum absolute atomic E-state index is 0.0968. The Morgan fingerprint density at radius 1 is 1.29 bits per heavy atom. The van der Waals surface area contributed by atoms with Crippen molar-refractivity contribution < 1.29 is 14.3 Å². The maximum atomic E-state index is 10.6. The summed E-state index contributed by atoms with van der Waals surface area (Å²) in [6.07, 6.45) is 3.71. The summed E-state index contributed by atoms with van der Waals surface area (Å²) in [5.41, 5.74) is 1.85. The van der Waals surface area contributed by atoms with E-state index >= 15 is 0 Å². The van der Waals surface area contributed by atoms with E-state index in [0.29, 0.717) is 12.3 Å². The number of hydrogen-bond donors (Lipinski definition) is 1. The van der Waals surface area contributed by atoms with Crippen molar-refractivity contribution in [2.24, 2.45) is 0 Å². The molecule has 4 aromatic rings. The van der Waals surface area contributed by atoms with Crippen LogP contribution in [0, 0.1) is 0 Å². The summed E-state index contributed by atoms with van der Waals surface area (Å²) < 4.78 is 8.14. The molecule has 0 saturated heterocycles. The van der Waals surface area contributed by atoms with Gasteiger partial charge in [-0.2, -0.15) is 5.10 Å². The van der Waals surface area contributed by atoms with Crippen LogP contribution < -0.4 is 0 Å². The van der Waals surface area contributed by atoms with Crippen molar-refractivity contribution in [3.05, 3.63) is 53.4 Å². The van der Waals surface area contributed by atoms with E-state index in [0.717, 1.165) is 20.9 Å². The largest absolute Gasteiger partial charge is 0.481 e. The minimum atomic E-state index is -1.00. The molecule has 0 unspecified atom stereocenters. The number of hydrogen-bond acceptors (Lipinski definition) is 7. The zero-order chi connectivity index (χ0) is 16.5. The first-order chi connectivity index (χ1) is 11.7. The fourth-order valence-electron chi connectivity index (χ4n) is 2.29. The maximum Gasteiger partial charge on any atom is 0.312 e. The molecule has 8 nitrogen and oxygen atoms in total. The molecule has 3 heterocycles. The zero-order valence-corrected chi connectivity index (χ0v) is 13.1. The van der Waals surface area contributed by atoms with Crippen LogP contribution in [0.5, 0.6) is 0 Å². The Balaban J connectivity index is 1.58. The Bertz CT molecular complexity index is 1010. The highest BCUT2D eigenvalue weighted by Crippen LogP contribution is 2.26. The van der Waals surface area contributed by atoms with Crippen LogP contribution in [-0.4, -0.2) is 36.0 Å². The van der Waals surface area contributed by atoms with E-state index < -0.39 is 5.97 Å². The van der Waals surface area contributed by atoms with Crippen LogP contribution in [0.1, 0.15) is 16.8 Å². The quantitative estimate of drug-likeness (QED) is 0.592. The number of benzene rings is 1. The van der Waals surface area contributed by atoms with Crippen molar-refractivity contribution in [2.45, 2.75) is 12.8 Å². The smallest absolute Gasteiger partial charge is 0.312 e. The van der Waals surface area contributed by atoms with Gasteiger partial charge < -0.3 is 9.52 Å². The number of aromatic nitrogens is 5. The first-order valence-electron chi connectivity index (χ1n) is 7.10. The van der Waals surface area contributed by atoms with Gasteiger partial charge in [0.05, 0.1) is 22.3 Å². The lowest BCUT2D eigenvalue weighted by Gasteiger charge is -1.99. The Kier molecular flexibility index (Phi) is 3.54. The Morgan fingerprint density at radius 3 is 2.96 bits per heavy atom. The predicted octanol–water partition coefficient (Wildman–Crippen LogP) is 2.08. The second-order valence-corrected chi connectivity index (χ2v) is 6.16. The molecule has 0 aliphatic carbocycles. The molecule has 0 spiro atoms. The number of aliphatic carboxylic acids is 1. The average molecular weight is 341 g/mol. The molecule has 4 rings (SSSR count). The van der Waals surface area contributed by atoms with E-state index in [-0.39, 0.29) is 12.3 Å². The van der Waals surface area contributed by atoms with Crippen molar-refractivity contribution >= 4 is 27.5 Å². The van der Waals surface area contributed by atoms with Crippen molar-refractivity contribution in [1.29, 1.82) is 0 Å². The molecule has 0 aliphatic rings. The van der Waals surface area contributed by atoms with Gasteiger partial charge in [-0.25, -0.2) is 9.67 Å². The number of thiazole rings is 1. The summed E-state index contributed by atoms with van der Waals surface area (Å²) >= 11 is 1.53. The lowest BCUT2D eigenvalue weighted by atomic mass is 10.3. The molecule has 0 amide bonds. The molecule has 24 heavy (non-hydrogen) atoms. The molecule has 0 fully saturated rings. The number of fused-ring (bicyclic) bond motifs is 1. The third-order valence-corrected chi connectivity index (χ3v) is 4.32. The minimum Gasteiger partial charge on any atom is -0.481 e. The van der Waals surface area contributed by atoms with Crippen LogP contribution in [0.4, 0.5) is 0 Å². The van der Waals surface area contributed by atoms with Gasteiger partial charge in [-0.1, -0.05) is 0 Å². The molecule has 0 aliphatic heterocycles. The second kappa shape index (κ2) is 5.85. The summed E-state index contributed by atoms with van der Waals surface area (Å²) in [4.78, 5) is 15.2. The number of rotatable bonds is 5. The van der Waals surface area contributed by atoms with Gasteiger partial charge in [0.2, 0.25) is 11.8 Å². The molecular formula is C15H11N5O3S. The summed E-state index contributed by atoms with van der Waals surface area (Å²) in [5, 5.41) is 21.3. The second-order valence-electron chi connectivity index (χ2n) is 5.05. The van der Waals surface area contributed by atoms with Crippen molar-refractivity contribution in [3.63, 3.8) is 0 Å². The van der Waals surface area contributed by atoms with Gasteiger partial charge in [-0.3, -0.25) is 4.79 Å². The van der Waals surface area contributed by atoms with Crippen LogP contribution in [0.2, 0.25) is 0 Å². The van der Waals surface area contributed by atoms with Crippen LogP contribution >= 0.6 is 11.3 Å². The van der Waals surface area contributed by atoms with Gasteiger partial charge in [0.25, 0.3) is 0 Å². The fraction of sp³-hybridized carbons (Fsp3) is 0.133. The zero-order valence-electron chi connectivity index (χ0n) is 12.3. The van der Waals surface area contributed by atoms with Gasteiger partial charge in [0.15, 0.2) is 0 Å². The standard InChI is InChI=1S/C15H11N5O3S/c21-15(22)8-13-19-18-12(23-13)7-14-17-10-3-2-9(6-11(10)24-14)20-5-1-4-16-20/h1-6H,7-8H2,(H,21,22). The third-order valence-electron chi connectivity index (χ3n) is 3.30. The number of carboxylic acids is 1. The van der Waals surface area contributed by atoms with E-state index in [4.69, 9.17) is 9.52 Å². The topological polar surface area (TPSA) is 107 Å². The average Bonchev–Trinajstić information content (AvgIpc) is 3.26. The summed E-state index contributed by atoms with van der Waals surface area (Å²) in [7, 11) is 0. The maximum absolute atomic E-state index is 10.6. The molecule has 3 aromatic heterocycles. The predicted molar refractivity (Wildman–Crippen MR) is 85.2 cm³/mol. The van der Waals surface area contributed by atoms with Crippen molar-refractivity contribution in [2.75, 3.05) is 0 Å². The molecule has 0 radical (unpaired) electrons. The monoisotopic (exact) mass is 341 g/mol. The molecule has 9 heteroatoms. The summed E-state index contributed by atoms with van der Waals surface area (Å²) in [6, 6.07) is 7.78. The van der Waals surface area contributed by atoms with E-state index in [9.17, 15) is 4.79 Å². The summed E-state index contributed by atoms with van der Waals surface area (Å²) in [6.45, 7) is 0. The van der Waals surface area contributed by atoms with Crippen molar-refractivity contribution in [3.8, 4) is 5.69 Å². The van der Waals surface area contributed by atoms with Gasteiger partial charge >= 0.3 is 5.97 Å². The van der Waals surface area contributed by atoms with E-state index in [1.54, 1.807) is 10.9 Å². The lowest BCUT2D eigenvalue weighted by molar-refractivity contribution is -0.136. The lowest BCUT2D eigenvalue weighted by Crippen LogP contribution is -1.99. The van der Waals surface area contributed by atoms with Crippen LogP contribution in [0.3, 0.4) is 0 Å². The van der Waals surface area contributed by atoms with E-state index in [1.165, 1.54) is 11.3 Å². The molecule has 1 N–H and O–H groups in total. The molecule has 120 valence electrons. The highest BCUT2D eigenvalue weighted by molar-refractivity contribution is 7.18. The first-order valence-corrected chi connectivity index (χ1v) is 7.91. The van der Waals surface area contributed by atoms with E-state index in [2.05, 4.69) is 20.3 Å². The van der Waals surface area contributed by atoms with Crippen LogP contribution in [-0.2, 0) is 17.6 Å². The highest BCUT2D eigenvalue weighted by Gasteiger charge is 2.13. The molecule has 0 saturated carbocycles. The molecule has 0 bridgehead atoms. The van der Waals surface area contributed by atoms with Crippen LogP contribution in [0.15, 0.2) is 41.1 Å². The third kappa shape index (κ3) is 2.88. The van der Waals surface area contributed by atoms with Gasteiger partial charge in [-0.05, 0) is 24.3 Å². The SMILES string of the molecule is O=C(O)Cc1nnc(Cc2nc3ccc(-n4cccn4)cc3s2)o1. The van der Waals surface area contributed by atoms with Gasteiger partial charge in [-0.15, -0.1) is 21.5 Å². The molecule has 1 aromatic carbocycles. The number of carboxylic acid groups (broad SMARTS) is 1. The van der Waals surface area contributed by atoms with Crippen LogP contribution in [0.25, 0.3) is 15.9 Å². The van der Waals surface area contributed by atoms with Gasteiger partial charge in [0, 0.05) is 12.4 Å². The van der Waals surface area contributed by atoms with Gasteiger partial charge in [0.1, 0.15) is 11.4 Å². The summed E-state index contributed by atoms with van der Waals surface area (Å²) in [5.74, 6) is -0.548. The number of carbonyl (C=O) groups is 1. The van der Waals surface area contributed by atoms with Crippen molar-refractivity contribution in [1.82, 2.24) is 25.0 Å². The first kappa shape index (κ1) is 14.5. The number of nitrogens with zero attached hydrogens (tertiary/aromatic N) is 5. The Hall–Kier alpha value is -3.07. The Labute approximate surface area is 139 Å². The van der Waals surface area contributed by atoms with E-state index in [1.807, 2.05) is 30.5 Å². The Morgan fingerprint density at radius 2 is 2.17 bits per heavy atom. The molecule has 0 atom stereocenters.